The predicted octanol–water partition coefficient (Wildman–Crippen LogP) is 2.75. The van der Waals surface area contributed by atoms with Gasteiger partial charge >= 0.3 is 0 Å². The number of sulfonamides is 1. The molecule has 0 aliphatic rings. The Kier molecular flexibility index (Phi) is 7.82. The first kappa shape index (κ1) is 21.4. The Morgan fingerprint density at radius 1 is 1.11 bits per heavy atom. The van der Waals surface area contributed by atoms with E-state index in [0.29, 0.717) is 19.0 Å². The summed E-state index contributed by atoms with van der Waals surface area (Å²) in [5.74, 6) is 0.643. The second-order valence-electron chi connectivity index (χ2n) is 6.61. The second kappa shape index (κ2) is 9.87. The Bertz CT molecular complexity index is 873. The number of guanidine groups is 1. The van der Waals surface area contributed by atoms with Crippen LogP contribution in [0, 0.1) is 6.92 Å². The lowest BCUT2D eigenvalue weighted by Gasteiger charge is -2.15. The van der Waals surface area contributed by atoms with E-state index in [1.54, 1.807) is 18.4 Å². The summed E-state index contributed by atoms with van der Waals surface area (Å²) in [5.41, 5.74) is 2.97. The number of aryl methyl sites for hydroxylation is 1. The van der Waals surface area contributed by atoms with Gasteiger partial charge in [-0.2, -0.15) is 0 Å². The summed E-state index contributed by atoms with van der Waals surface area (Å²) < 4.78 is 27.1. The van der Waals surface area contributed by atoms with Crippen LogP contribution in [0.15, 0.2) is 40.7 Å². The van der Waals surface area contributed by atoms with Crippen molar-refractivity contribution in [2.45, 2.75) is 45.7 Å². The number of aliphatic imine (C=N–C) groups is 1. The Labute approximate surface area is 166 Å². The predicted molar refractivity (Wildman–Crippen MR) is 113 cm³/mol. The van der Waals surface area contributed by atoms with Crippen LogP contribution in [0.25, 0.3) is 0 Å². The minimum atomic E-state index is -3.37. The third-order valence-electron chi connectivity index (χ3n) is 3.93. The molecule has 0 spiro atoms. The van der Waals surface area contributed by atoms with Gasteiger partial charge in [-0.3, -0.25) is 4.99 Å². The van der Waals surface area contributed by atoms with E-state index in [1.165, 1.54) is 10.4 Å². The van der Waals surface area contributed by atoms with Crippen molar-refractivity contribution in [3.63, 3.8) is 0 Å². The lowest BCUT2D eigenvalue weighted by molar-refractivity contribution is 0.568. The maximum atomic E-state index is 12.3. The lowest BCUT2D eigenvalue weighted by atomic mass is 10.1. The van der Waals surface area contributed by atoms with Crippen molar-refractivity contribution in [3.8, 4) is 0 Å². The van der Waals surface area contributed by atoms with E-state index in [-0.39, 0.29) is 11.8 Å². The molecule has 8 heteroatoms. The molecule has 1 aromatic heterocycles. The van der Waals surface area contributed by atoms with Crippen LogP contribution in [0.5, 0.6) is 0 Å². The fraction of sp³-hybridized carbons (Fsp3) is 0.421. The van der Waals surface area contributed by atoms with Gasteiger partial charge in [0.15, 0.2) is 5.96 Å². The van der Waals surface area contributed by atoms with Crippen LogP contribution < -0.4 is 15.4 Å². The Balaban J connectivity index is 1.99. The molecule has 0 radical (unpaired) electrons. The van der Waals surface area contributed by atoms with E-state index >= 15 is 0 Å². The molecule has 0 saturated heterocycles. The van der Waals surface area contributed by atoms with E-state index in [2.05, 4.69) is 38.7 Å². The summed E-state index contributed by atoms with van der Waals surface area (Å²) in [5, 5.41) is 8.63. The molecule has 0 fully saturated rings. The van der Waals surface area contributed by atoms with Gasteiger partial charge in [0.25, 0.3) is 0 Å². The second-order valence-corrected chi connectivity index (χ2v) is 9.36. The molecule has 0 aliphatic carbocycles. The fourth-order valence-corrected chi connectivity index (χ4v) is 4.96. The van der Waals surface area contributed by atoms with Gasteiger partial charge in [0.1, 0.15) is 0 Å². The highest BCUT2D eigenvalue weighted by Crippen LogP contribution is 2.15. The molecule has 0 bridgehead atoms. The molecular weight excluding hydrogens is 380 g/mol. The van der Waals surface area contributed by atoms with Crippen molar-refractivity contribution in [1.29, 1.82) is 0 Å². The lowest BCUT2D eigenvalue weighted by Crippen LogP contribution is -2.36. The molecule has 1 heterocycles. The zero-order valence-electron chi connectivity index (χ0n) is 16.2. The first-order valence-corrected chi connectivity index (χ1v) is 11.4. The van der Waals surface area contributed by atoms with Crippen LogP contribution in [0.2, 0.25) is 0 Å². The molecule has 0 unspecified atom stereocenters. The maximum Gasteiger partial charge on any atom is 0.216 e. The third kappa shape index (κ3) is 6.97. The monoisotopic (exact) mass is 408 g/mol. The van der Waals surface area contributed by atoms with Crippen molar-refractivity contribution in [2.75, 3.05) is 7.05 Å². The molecule has 3 N–H and O–H groups in total. The third-order valence-corrected chi connectivity index (χ3v) is 6.48. The SMILES string of the molecule is CN=C(NCc1ccccc1CS(=O)(=O)NC(C)C)NCc1sccc1C. The molecule has 2 rings (SSSR count). The van der Waals surface area contributed by atoms with Gasteiger partial charge in [0.05, 0.1) is 12.3 Å². The summed E-state index contributed by atoms with van der Waals surface area (Å²) in [6, 6.07) is 9.53. The molecule has 0 atom stereocenters. The zero-order chi connectivity index (χ0) is 19.9. The number of hydrogen-bond acceptors (Lipinski definition) is 4. The quantitative estimate of drug-likeness (QED) is 0.463. The van der Waals surface area contributed by atoms with Crippen LogP contribution in [0.4, 0.5) is 0 Å². The Hall–Kier alpha value is -1.90. The number of nitrogens with one attached hydrogen (secondary N) is 3. The molecule has 27 heavy (non-hydrogen) atoms. The number of hydrogen-bond donors (Lipinski definition) is 3. The Morgan fingerprint density at radius 3 is 2.37 bits per heavy atom. The number of nitrogens with zero attached hydrogens (tertiary/aromatic N) is 1. The van der Waals surface area contributed by atoms with E-state index in [0.717, 1.165) is 11.1 Å². The number of thiophene rings is 1. The van der Waals surface area contributed by atoms with Crippen LogP contribution in [0.3, 0.4) is 0 Å². The minimum absolute atomic E-state index is 0.0382. The van der Waals surface area contributed by atoms with E-state index in [9.17, 15) is 8.42 Å². The average Bonchev–Trinajstić information content (AvgIpc) is 3.00. The molecule has 1 aromatic carbocycles. The van der Waals surface area contributed by atoms with Gasteiger partial charge in [-0.05, 0) is 48.9 Å². The molecule has 0 saturated carbocycles. The highest BCUT2D eigenvalue weighted by atomic mass is 32.2. The van der Waals surface area contributed by atoms with Crippen LogP contribution >= 0.6 is 11.3 Å². The van der Waals surface area contributed by atoms with Crippen molar-refractivity contribution in [1.82, 2.24) is 15.4 Å². The minimum Gasteiger partial charge on any atom is -0.352 e. The summed E-state index contributed by atoms with van der Waals surface area (Å²) in [4.78, 5) is 5.51. The smallest absolute Gasteiger partial charge is 0.216 e. The van der Waals surface area contributed by atoms with Crippen molar-refractivity contribution in [3.05, 3.63) is 57.3 Å². The van der Waals surface area contributed by atoms with E-state index in [1.807, 2.05) is 38.1 Å². The first-order chi connectivity index (χ1) is 12.8. The molecule has 6 nitrogen and oxygen atoms in total. The summed E-state index contributed by atoms with van der Waals surface area (Å²) in [7, 11) is -1.65. The van der Waals surface area contributed by atoms with Gasteiger partial charge in [-0.25, -0.2) is 13.1 Å². The van der Waals surface area contributed by atoms with Crippen molar-refractivity contribution in [2.24, 2.45) is 4.99 Å². The largest absolute Gasteiger partial charge is 0.352 e. The molecular formula is C19H28N4O2S2. The normalized spacial score (nSPS) is 12.4. The van der Waals surface area contributed by atoms with Crippen molar-refractivity contribution >= 4 is 27.3 Å². The average molecular weight is 409 g/mol. The van der Waals surface area contributed by atoms with Gasteiger partial charge in [-0.1, -0.05) is 24.3 Å². The number of benzene rings is 1. The number of rotatable bonds is 8. The molecule has 148 valence electrons. The zero-order valence-corrected chi connectivity index (χ0v) is 17.9. The highest BCUT2D eigenvalue weighted by Gasteiger charge is 2.15. The standard InChI is InChI=1S/C19H28N4O2S2/c1-14(2)23-27(24,25)13-17-8-6-5-7-16(17)11-21-19(20-4)22-12-18-15(3)9-10-26-18/h5-10,14,23H,11-13H2,1-4H3,(H2,20,21,22). The van der Waals surface area contributed by atoms with Gasteiger partial charge in [0, 0.05) is 24.5 Å². The fourth-order valence-electron chi connectivity index (χ4n) is 2.63. The van der Waals surface area contributed by atoms with Crippen LogP contribution in [0.1, 0.15) is 35.4 Å². The van der Waals surface area contributed by atoms with Crippen LogP contribution in [-0.4, -0.2) is 27.5 Å². The molecule has 0 amide bonds. The summed E-state index contributed by atoms with van der Waals surface area (Å²) in [6.45, 7) is 6.92. The van der Waals surface area contributed by atoms with Gasteiger partial charge < -0.3 is 10.6 Å². The first-order valence-electron chi connectivity index (χ1n) is 8.85. The molecule has 0 aliphatic heterocycles. The topological polar surface area (TPSA) is 82.6 Å². The van der Waals surface area contributed by atoms with Gasteiger partial charge in [-0.15, -0.1) is 11.3 Å². The van der Waals surface area contributed by atoms with Crippen LogP contribution in [-0.2, 0) is 28.9 Å². The summed E-state index contributed by atoms with van der Waals surface area (Å²) >= 11 is 1.71. The highest BCUT2D eigenvalue weighted by molar-refractivity contribution is 7.88. The maximum absolute atomic E-state index is 12.3. The summed E-state index contributed by atoms with van der Waals surface area (Å²) in [6.07, 6.45) is 0. The Morgan fingerprint density at radius 2 is 1.78 bits per heavy atom. The van der Waals surface area contributed by atoms with Crippen molar-refractivity contribution < 1.29 is 8.42 Å². The molecule has 2 aromatic rings. The van der Waals surface area contributed by atoms with Gasteiger partial charge in [0.2, 0.25) is 10.0 Å². The van der Waals surface area contributed by atoms with E-state index in [4.69, 9.17) is 0 Å². The van der Waals surface area contributed by atoms with E-state index < -0.39 is 10.0 Å².